The van der Waals surface area contributed by atoms with Gasteiger partial charge in [0.15, 0.2) is 6.54 Å². The van der Waals surface area contributed by atoms with E-state index < -0.39 is 31.7 Å². The third kappa shape index (κ3) is 9.64. The van der Waals surface area contributed by atoms with Gasteiger partial charge in [0, 0.05) is 34.4 Å². The highest BCUT2D eigenvalue weighted by Crippen LogP contribution is 2.48. The van der Waals surface area contributed by atoms with E-state index in [1.54, 1.807) is 17.4 Å². The van der Waals surface area contributed by atoms with E-state index in [-0.39, 0.29) is 12.8 Å². The van der Waals surface area contributed by atoms with Gasteiger partial charge in [-0.3, -0.25) is 0 Å². The quantitative estimate of drug-likeness (QED) is 0.126. The molecule has 1 aromatic heterocycles. The van der Waals surface area contributed by atoms with Gasteiger partial charge in [-0.15, -0.1) is 0 Å². The van der Waals surface area contributed by atoms with Crippen LogP contribution in [0.2, 0.25) is 5.02 Å². The molecule has 1 aliphatic heterocycles. The van der Waals surface area contributed by atoms with Gasteiger partial charge in [0.2, 0.25) is 5.52 Å². The minimum atomic E-state index is -4.35. The summed E-state index contributed by atoms with van der Waals surface area (Å²) in [5, 5.41) is 4.27. The largest absolute Gasteiger partial charge is 0.748 e. The Kier molecular flexibility index (Phi) is 12.3. The summed E-state index contributed by atoms with van der Waals surface area (Å²) in [5.41, 5.74) is 1.78. The molecule has 9 nitrogen and oxygen atoms in total. The number of hydrogen-bond donors (Lipinski definition) is 0. The number of thioether (sulfide) groups is 1. The van der Waals surface area contributed by atoms with Crippen molar-refractivity contribution in [2.24, 2.45) is 0 Å². The van der Waals surface area contributed by atoms with E-state index >= 15 is 0 Å². The molecule has 3 aromatic carbocycles. The molecule has 0 radical (unpaired) electrons. The van der Waals surface area contributed by atoms with Gasteiger partial charge in [0.05, 0.1) is 42.4 Å². The van der Waals surface area contributed by atoms with Gasteiger partial charge in [0.1, 0.15) is 4.70 Å². The summed E-state index contributed by atoms with van der Waals surface area (Å²) in [7, 11) is -8.71. The van der Waals surface area contributed by atoms with E-state index in [0.717, 1.165) is 41.6 Å². The summed E-state index contributed by atoms with van der Waals surface area (Å²) in [6.45, 7) is 10.8. The number of anilines is 1. The molecule has 4 aromatic rings. The smallest absolute Gasteiger partial charge is 0.265 e. The average molecular weight is 711 g/mol. The van der Waals surface area contributed by atoms with Crippen LogP contribution < -0.4 is 9.47 Å². The van der Waals surface area contributed by atoms with Gasteiger partial charge < -0.3 is 18.9 Å². The van der Waals surface area contributed by atoms with Crippen LogP contribution in [0, 0.1) is 0 Å². The first-order valence-electron chi connectivity index (χ1n) is 14.7. The number of halogens is 1. The van der Waals surface area contributed by atoms with E-state index in [0.29, 0.717) is 18.1 Å². The molecule has 0 spiro atoms. The minimum absolute atomic E-state index is 0.147. The summed E-state index contributed by atoms with van der Waals surface area (Å²) in [5.74, 6) is -0.942. The van der Waals surface area contributed by atoms with Crippen molar-refractivity contribution in [3.8, 4) is 0 Å². The molecular weight excluding hydrogens is 674 g/mol. The summed E-state index contributed by atoms with van der Waals surface area (Å²) in [4.78, 5) is 5.27. The van der Waals surface area contributed by atoms with Crippen molar-refractivity contribution < 1.29 is 30.5 Å². The van der Waals surface area contributed by atoms with Crippen LogP contribution in [-0.4, -0.2) is 68.5 Å². The zero-order valence-corrected chi connectivity index (χ0v) is 29.5. The fraction of sp³-hybridized carbons (Fsp3) is 0.387. The van der Waals surface area contributed by atoms with Crippen LogP contribution in [0.3, 0.4) is 0 Å². The SMILES string of the molecule is CCN(CC)CC.O=S(=O)([O-])CCCN1/C(=C/c2sc3ccc4ccccc4c3[n+]2CCCS(=O)(=O)[O-])Sc2ccc(Cl)cc21. The van der Waals surface area contributed by atoms with E-state index in [9.17, 15) is 25.9 Å². The van der Waals surface area contributed by atoms with E-state index in [4.69, 9.17) is 11.6 Å². The normalized spacial score (nSPS) is 14.4. The molecule has 0 N–H and O–H groups in total. The highest BCUT2D eigenvalue weighted by atomic mass is 35.5. The van der Waals surface area contributed by atoms with Crippen molar-refractivity contribution in [3.63, 3.8) is 0 Å². The van der Waals surface area contributed by atoms with E-state index in [1.807, 2.05) is 64.1 Å². The predicted octanol–water partition coefficient (Wildman–Crippen LogP) is 6.12. The molecule has 0 saturated carbocycles. The maximum absolute atomic E-state index is 11.3. The Morgan fingerprint density at radius 1 is 0.911 bits per heavy atom. The first kappa shape index (κ1) is 35.6. The van der Waals surface area contributed by atoms with Crippen LogP contribution in [-0.2, 0) is 26.8 Å². The molecule has 2 heterocycles. The lowest BCUT2D eigenvalue weighted by Gasteiger charge is -2.20. The van der Waals surface area contributed by atoms with Crippen LogP contribution in [0.1, 0.15) is 38.6 Å². The second-order valence-corrected chi connectivity index (χ2v) is 16.0. The second kappa shape index (κ2) is 15.6. The second-order valence-electron chi connectivity index (χ2n) is 10.4. The molecule has 14 heteroatoms. The average Bonchev–Trinajstić information content (AvgIpc) is 3.50. The fourth-order valence-electron chi connectivity index (χ4n) is 5.19. The Balaban J connectivity index is 0.000000591. The Morgan fingerprint density at radius 2 is 1.58 bits per heavy atom. The van der Waals surface area contributed by atoms with Crippen LogP contribution in [0.5, 0.6) is 0 Å². The summed E-state index contributed by atoms with van der Waals surface area (Å²) in [6.07, 6.45) is 2.29. The summed E-state index contributed by atoms with van der Waals surface area (Å²) >= 11 is 9.30. The molecule has 0 unspecified atom stereocenters. The number of benzene rings is 3. The molecule has 45 heavy (non-hydrogen) atoms. The number of aryl methyl sites for hydroxylation is 1. The molecule has 0 aliphatic carbocycles. The molecule has 244 valence electrons. The highest BCUT2D eigenvalue weighted by molar-refractivity contribution is 8.04. The Hall–Kier alpha value is -2.23. The van der Waals surface area contributed by atoms with Crippen LogP contribution >= 0.6 is 34.7 Å². The Morgan fingerprint density at radius 3 is 2.22 bits per heavy atom. The lowest BCUT2D eigenvalue weighted by atomic mass is 10.1. The fourth-order valence-corrected chi connectivity index (χ4v) is 8.64. The van der Waals surface area contributed by atoms with Gasteiger partial charge >= 0.3 is 0 Å². The predicted molar refractivity (Wildman–Crippen MR) is 184 cm³/mol. The summed E-state index contributed by atoms with van der Waals surface area (Å²) < 4.78 is 70.6. The molecule has 0 bridgehead atoms. The highest BCUT2D eigenvalue weighted by Gasteiger charge is 2.29. The number of nitrogens with zero attached hydrogens (tertiary/aromatic N) is 3. The maximum Gasteiger partial charge on any atom is 0.265 e. The third-order valence-electron chi connectivity index (χ3n) is 7.45. The molecule has 0 atom stereocenters. The first-order valence-corrected chi connectivity index (χ1v) is 19.9. The molecule has 5 rings (SSSR count). The molecule has 0 amide bonds. The topological polar surface area (TPSA) is 125 Å². The lowest BCUT2D eigenvalue weighted by molar-refractivity contribution is -0.667. The first-order chi connectivity index (χ1) is 21.3. The van der Waals surface area contributed by atoms with Gasteiger partial charge in [-0.25, -0.2) is 16.8 Å². The Labute approximate surface area is 279 Å². The molecule has 0 fully saturated rings. The maximum atomic E-state index is 11.3. The van der Waals surface area contributed by atoms with Crippen molar-refractivity contribution in [3.05, 3.63) is 69.7 Å². The van der Waals surface area contributed by atoms with Crippen molar-refractivity contribution in [1.29, 1.82) is 0 Å². The molecule has 1 aliphatic rings. The van der Waals surface area contributed by atoms with Crippen LogP contribution in [0.25, 0.3) is 27.1 Å². The van der Waals surface area contributed by atoms with Gasteiger partial charge in [0.25, 0.3) is 5.01 Å². The number of rotatable bonds is 12. The zero-order chi connectivity index (χ0) is 32.8. The van der Waals surface area contributed by atoms with Crippen LogP contribution in [0.15, 0.2) is 64.5 Å². The number of aromatic nitrogens is 1. The molecule has 0 saturated heterocycles. The lowest BCUT2D eigenvalue weighted by Crippen LogP contribution is -2.36. The molecular formula is C31H37ClN3O6S4-. The van der Waals surface area contributed by atoms with Gasteiger partial charge in [-0.05, 0) is 61.8 Å². The number of thiazole rings is 1. The number of hydrogen-bond acceptors (Lipinski definition) is 10. The minimum Gasteiger partial charge on any atom is -0.748 e. The van der Waals surface area contributed by atoms with Crippen molar-refractivity contribution in [2.75, 3.05) is 42.6 Å². The third-order valence-corrected chi connectivity index (χ3v) is 11.5. The summed E-state index contributed by atoms with van der Waals surface area (Å²) in [6, 6.07) is 17.5. The zero-order valence-electron chi connectivity index (χ0n) is 25.4. The van der Waals surface area contributed by atoms with Gasteiger partial charge in [-0.1, -0.05) is 79.7 Å². The standard InChI is InChI=1S/C25H23ClN2O6S4.C6H15N/c26-18-8-10-21-20(15-18)27(11-3-13-37(29,30)31)23(35-21)16-24-28(12-4-14-38(32,33)34)25-19-6-2-1-5-17(19)7-9-22(25)36-24;1-4-7(5-2)6-3/h1-2,5-10,15-16H,3-4,11-14H2,(H-,29,30,31,32,33,34);4-6H2,1-3H3/p-1. The van der Waals surface area contributed by atoms with Crippen molar-refractivity contribution in [1.82, 2.24) is 4.90 Å². The van der Waals surface area contributed by atoms with Crippen molar-refractivity contribution >= 4 is 87.7 Å². The van der Waals surface area contributed by atoms with Gasteiger partial charge in [-0.2, -0.15) is 4.57 Å². The number of fused-ring (bicyclic) bond motifs is 4. The van der Waals surface area contributed by atoms with Crippen LogP contribution in [0.4, 0.5) is 5.69 Å². The van der Waals surface area contributed by atoms with Crippen molar-refractivity contribution in [2.45, 2.75) is 45.1 Å². The van der Waals surface area contributed by atoms with E-state index in [2.05, 4.69) is 25.7 Å². The monoisotopic (exact) mass is 710 g/mol. The Bertz CT molecular complexity index is 1880. The van der Waals surface area contributed by atoms with E-state index in [1.165, 1.54) is 31.4 Å².